The molecule has 0 aliphatic heterocycles. The lowest BCUT2D eigenvalue weighted by Gasteiger charge is -2.13. The van der Waals surface area contributed by atoms with Gasteiger partial charge in [-0.2, -0.15) is 0 Å². The van der Waals surface area contributed by atoms with E-state index >= 15 is 0 Å². The number of benzene rings is 2. The van der Waals surface area contributed by atoms with Crippen LogP contribution in [-0.2, 0) is 9.59 Å². The number of hydrogen-bond acceptors (Lipinski definition) is 4. The molecule has 130 valence electrons. The predicted molar refractivity (Wildman–Crippen MR) is 96.3 cm³/mol. The van der Waals surface area contributed by atoms with Crippen molar-refractivity contribution in [3.8, 4) is 0 Å². The van der Waals surface area contributed by atoms with Crippen molar-refractivity contribution >= 4 is 29.1 Å². The number of carbonyl (C=O) groups excluding carboxylic acids is 3. The summed E-state index contributed by atoms with van der Waals surface area (Å²) in [6.45, 7) is 1.52. The zero-order chi connectivity index (χ0) is 18.2. The summed E-state index contributed by atoms with van der Waals surface area (Å²) in [5.41, 5.74) is 7.58. The largest absolute Gasteiger partial charge is 0.343 e. The average molecular weight is 340 g/mol. The molecule has 0 spiro atoms. The molecule has 0 saturated heterocycles. The van der Waals surface area contributed by atoms with Crippen molar-refractivity contribution in [2.24, 2.45) is 5.73 Å². The molecule has 0 atom stereocenters. The minimum atomic E-state index is -0.406. The highest BCUT2D eigenvalue weighted by Crippen LogP contribution is 2.22. The summed E-state index contributed by atoms with van der Waals surface area (Å²) >= 11 is 0. The fourth-order valence-electron chi connectivity index (χ4n) is 2.12. The molecule has 0 bridgehead atoms. The van der Waals surface area contributed by atoms with Gasteiger partial charge in [-0.05, 0) is 36.8 Å². The average Bonchev–Trinajstić information content (AvgIpc) is 2.62. The monoisotopic (exact) mass is 340 g/mol. The van der Waals surface area contributed by atoms with E-state index in [1.54, 1.807) is 48.5 Å². The molecule has 0 aliphatic rings. The molecule has 0 unspecified atom stereocenters. The molecule has 2 rings (SSSR count). The van der Waals surface area contributed by atoms with Gasteiger partial charge in [-0.1, -0.05) is 24.3 Å². The minimum Gasteiger partial charge on any atom is -0.343 e. The van der Waals surface area contributed by atoms with E-state index in [0.29, 0.717) is 16.9 Å². The predicted octanol–water partition coefficient (Wildman–Crippen LogP) is 1.26. The van der Waals surface area contributed by atoms with Gasteiger partial charge < -0.3 is 21.7 Å². The van der Waals surface area contributed by atoms with Crippen molar-refractivity contribution in [2.45, 2.75) is 6.92 Å². The second-order valence-electron chi connectivity index (χ2n) is 5.40. The molecule has 0 heterocycles. The zero-order valence-electron chi connectivity index (χ0n) is 13.8. The van der Waals surface area contributed by atoms with E-state index in [0.717, 1.165) is 5.56 Å². The molecule has 0 aromatic heterocycles. The van der Waals surface area contributed by atoms with Gasteiger partial charge in [-0.25, -0.2) is 0 Å². The maximum absolute atomic E-state index is 12.1. The third-order valence-corrected chi connectivity index (χ3v) is 3.35. The molecule has 5 N–H and O–H groups in total. The molecule has 2 aromatic rings. The highest BCUT2D eigenvalue weighted by atomic mass is 16.2. The van der Waals surface area contributed by atoms with Gasteiger partial charge in [0.25, 0.3) is 5.91 Å². The molecular formula is C18H20N4O3. The van der Waals surface area contributed by atoms with Gasteiger partial charge in [-0.15, -0.1) is 0 Å². The zero-order valence-corrected chi connectivity index (χ0v) is 13.8. The molecule has 7 nitrogen and oxygen atoms in total. The van der Waals surface area contributed by atoms with Crippen molar-refractivity contribution in [2.75, 3.05) is 23.7 Å². The topological polar surface area (TPSA) is 113 Å². The standard InChI is InChI=1S/C18H20N4O3/c1-12-7-8-14(15(9-12)22-16(23)10-19)21-17(24)11-20-18(25)13-5-3-2-4-6-13/h2-9H,10-11,19H2,1H3,(H,20,25)(H,21,24)(H,22,23). The van der Waals surface area contributed by atoms with Gasteiger partial charge in [0.2, 0.25) is 11.8 Å². The van der Waals surface area contributed by atoms with E-state index < -0.39 is 5.91 Å². The highest BCUT2D eigenvalue weighted by molar-refractivity contribution is 6.02. The van der Waals surface area contributed by atoms with Gasteiger partial charge in [0.1, 0.15) is 0 Å². The first-order valence-electron chi connectivity index (χ1n) is 7.73. The van der Waals surface area contributed by atoms with E-state index in [4.69, 9.17) is 5.73 Å². The SMILES string of the molecule is Cc1ccc(NC(=O)CNC(=O)c2ccccc2)c(NC(=O)CN)c1. The maximum Gasteiger partial charge on any atom is 0.251 e. The van der Waals surface area contributed by atoms with Crippen LogP contribution >= 0.6 is 0 Å². The van der Waals surface area contributed by atoms with E-state index in [-0.39, 0.29) is 24.9 Å². The Morgan fingerprint density at radius 2 is 1.60 bits per heavy atom. The second-order valence-corrected chi connectivity index (χ2v) is 5.40. The van der Waals surface area contributed by atoms with Gasteiger partial charge in [0, 0.05) is 5.56 Å². The molecule has 0 radical (unpaired) electrons. The fourth-order valence-corrected chi connectivity index (χ4v) is 2.12. The van der Waals surface area contributed by atoms with Crippen LogP contribution in [0.5, 0.6) is 0 Å². The Hall–Kier alpha value is -3.19. The van der Waals surface area contributed by atoms with Crippen LogP contribution in [0, 0.1) is 6.92 Å². The lowest BCUT2D eigenvalue weighted by molar-refractivity contribution is -0.116. The lowest BCUT2D eigenvalue weighted by Crippen LogP contribution is -2.33. The molecule has 25 heavy (non-hydrogen) atoms. The molecule has 7 heteroatoms. The van der Waals surface area contributed by atoms with Crippen molar-refractivity contribution in [1.29, 1.82) is 0 Å². The summed E-state index contributed by atoms with van der Waals surface area (Å²) in [6, 6.07) is 13.8. The Balaban J connectivity index is 1.98. The summed E-state index contributed by atoms with van der Waals surface area (Å²) in [5, 5.41) is 7.84. The molecule has 0 aliphatic carbocycles. The molecular weight excluding hydrogens is 320 g/mol. The first-order chi connectivity index (χ1) is 12.0. The molecule has 0 fully saturated rings. The summed E-state index contributed by atoms with van der Waals surface area (Å²) < 4.78 is 0. The Bertz CT molecular complexity index is 775. The van der Waals surface area contributed by atoms with E-state index in [1.807, 2.05) is 6.92 Å². The van der Waals surface area contributed by atoms with Crippen molar-refractivity contribution in [3.05, 3.63) is 59.7 Å². The molecule has 3 amide bonds. The third-order valence-electron chi connectivity index (χ3n) is 3.35. The van der Waals surface area contributed by atoms with E-state index in [1.165, 1.54) is 0 Å². The smallest absolute Gasteiger partial charge is 0.251 e. The molecule has 2 aromatic carbocycles. The Kier molecular flexibility index (Phi) is 6.25. The number of amides is 3. The van der Waals surface area contributed by atoms with Crippen LogP contribution in [0.1, 0.15) is 15.9 Å². The summed E-state index contributed by atoms with van der Waals surface area (Å²) in [5.74, 6) is -1.11. The number of aryl methyl sites for hydroxylation is 1. The van der Waals surface area contributed by atoms with Gasteiger partial charge in [0.05, 0.1) is 24.5 Å². The van der Waals surface area contributed by atoms with Crippen molar-refractivity contribution < 1.29 is 14.4 Å². The van der Waals surface area contributed by atoms with Gasteiger partial charge >= 0.3 is 0 Å². The van der Waals surface area contributed by atoms with Crippen molar-refractivity contribution in [1.82, 2.24) is 5.32 Å². The van der Waals surface area contributed by atoms with Crippen LogP contribution in [0.4, 0.5) is 11.4 Å². The second kappa shape index (κ2) is 8.60. The number of anilines is 2. The first kappa shape index (κ1) is 18.2. The van der Waals surface area contributed by atoms with E-state index in [9.17, 15) is 14.4 Å². The van der Waals surface area contributed by atoms with Crippen LogP contribution in [0.3, 0.4) is 0 Å². The van der Waals surface area contributed by atoms with Gasteiger partial charge in [0.15, 0.2) is 0 Å². The fraction of sp³-hybridized carbons (Fsp3) is 0.167. The lowest BCUT2D eigenvalue weighted by atomic mass is 10.2. The highest BCUT2D eigenvalue weighted by Gasteiger charge is 2.11. The van der Waals surface area contributed by atoms with Gasteiger partial charge in [-0.3, -0.25) is 14.4 Å². The molecule has 0 saturated carbocycles. The quantitative estimate of drug-likeness (QED) is 0.634. The van der Waals surface area contributed by atoms with Crippen LogP contribution in [-0.4, -0.2) is 30.8 Å². The number of rotatable bonds is 6. The minimum absolute atomic E-state index is 0.158. The van der Waals surface area contributed by atoms with Crippen LogP contribution in [0.25, 0.3) is 0 Å². The van der Waals surface area contributed by atoms with Crippen molar-refractivity contribution in [3.63, 3.8) is 0 Å². The maximum atomic E-state index is 12.1. The normalized spacial score (nSPS) is 10.0. The summed E-state index contributed by atoms with van der Waals surface area (Å²) in [4.78, 5) is 35.5. The van der Waals surface area contributed by atoms with Crippen LogP contribution in [0.2, 0.25) is 0 Å². The Morgan fingerprint density at radius 1 is 0.920 bits per heavy atom. The van der Waals surface area contributed by atoms with Crippen LogP contribution < -0.4 is 21.7 Å². The van der Waals surface area contributed by atoms with Crippen LogP contribution in [0.15, 0.2) is 48.5 Å². The Morgan fingerprint density at radius 3 is 2.28 bits per heavy atom. The number of nitrogens with two attached hydrogens (primary N) is 1. The third kappa shape index (κ3) is 5.43. The number of hydrogen-bond donors (Lipinski definition) is 4. The first-order valence-corrected chi connectivity index (χ1v) is 7.73. The number of carbonyl (C=O) groups is 3. The summed E-state index contributed by atoms with van der Waals surface area (Å²) in [7, 11) is 0. The van der Waals surface area contributed by atoms with E-state index in [2.05, 4.69) is 16.0 Å². The summed E-state index contributed by atoms with van der Waals surface area (Å²) in [6.07, 6.45) is 0. The number of nitrogens with one attached hydrogen (secondary N) is 3. The Labute approximate surface area is 145 Å².